The topological polar surface area (TPSA) is 27.5 Å². The van der Waals surface area contributed by atoms with E-state index in [4.69, 9.17) is 11.0 Å². The van der Waals surface area contributed by atoms with Gasteiger partial charge in [-0.15, -0.1) is 0 Å². The van der Waals surface area contributed by atoms with Gasteiger partial charge in [0.05, 0.1) is 11.0 Å². The molecule has 0 radical (unpaired) electrons. The fraction of sp³-hybridized carbons (Fsp3) is 0. The number of para-hydroxylation sites is 2. The van der Waals surface area contributed by atoms with Gasteiger partial charge in [-0.25, -0.2) is 0 Å². The minimum atomic E-state index is -1.06. The molecule has 2 rings (SSSR count). The lowest BCUT2D eigenvalue weighted by Crippen LogP contribution is -2.96. The summed E-state index contributed by atoms with van der Waals surface area (Å²) in [6.45, 7) is 0. The smallest absolute Gasteiger partial charge is 0.136 e. The van der Waals surface area contributed by atoms with E-state index in [-0.39, 0.29) is 0 Å². The standard InChI is InChI=1S/C12H11NO/c14-13(11-7-3-1-4-8-11)12-9-5-2-6-10-12/h1-10,13H/i3D,4D,5D,6D,7D,8D,9D,10D,13+1. The molecule has 2 heteroatoms. The molecule has 0 saturated heterocycles. The molecule has 0 bridgehead atoms. The molecule has 0 unspecified atom stereocenters. The molecule has 0 aromatic heterocycles. The van der Waals surface area contributed by atoms with Crippen molar-refractivity contribution >= 4 is 11.4 Å². The number of quaternary nitrogens is 1. The third-order valence-corrected chi connectivity index (χ3v) is 1.53. The van der Waals surface area contributed by atoms with E-state index >= 15 is 0 Å². The summed E-state index contributed by atoms with van der Waals surface area (Å²) in [5.41, 5.74) is -1.13. The SMILES string of the molecule is [2H]c1cc([2H])c([2H])c([15NH+]([O-])c2c([2H])c([2H])cc([2H])c2[2H])c1[2H]. The van der Waals surface area contributed by atoms with Crippen molar-refractivity contribution in [3.05, 3.63) is 65.7 Å². The molecule has 2 aromatic carbocycles. The van der Waals surface area contributed by atoms with Gasteiger partial charge in [-0.2, -0.15) is 0 Å². The largest absolute Gasteiger partial charge is 0.623 e. The summed E-state index contributed by atoms with van der Waals surface area (Å²) in [5, 5.41) is 11.5. The van der Waals surface area contributed by atoms with Gasteiger partial charge in [0.2, 0.25) is 0 Å². The van der Waals surface area contributed by atoms with Crippen LogP contribution in [0.3, 0.4) is 0 Å². The van der Waals surface area contributed by atoms with Gasteiger partial charge in [-0.05, 0) is 24.2 Å². The highest BCUT2D eigenvalue weighted by molar-refractivity contribution is 5.37. The highest BCUT2D eigenvalue weighted by Gasteiger charge is 2.03. The molecule has 0 aliphatic carbocycles. The number of hydrogen-bond donors (Lipinski definition) is 1. The van der Waals surface area contributed by atoms with Gasteiger partial charge in [-0.3, -0.25) is 0 Å². The Hall–Kier alpha value is -1.64. The number of hydrogen-bond acceptors (Lipinski definition) is 1. The summed E-state index contributed by atoms with van der Waals surface area (Å²) in [4.78, 5) is 0. The van der Waals surface area contributed by atoms with Crippen LogP contribution in [0.1, 0.15) is 11.0 Å². The Morgan fingerprint density at radius 3 is 1.57 bits per heavy atom. The van der Waals surface area contributed by atoms with Crippen molar-refractivity contribution in [1.29, 1.82) is 0 Å². The minimum absolute atomic E-state index is 0.421. The first kappa shape index (κ1) is 3.50. The quantitative estimate of drug-likeness (QED) is 0.575. The molecule has 0 aliphatic heterocycles. The summed E-state index contributed by atoms with van der Waals surface area (Å²) in [5.74, 6) is 0. The first-order chi connectivity index (χ1) is 10.2. The van der Waals surface area contributed by atoms with Gasteiger partial charge < -0.3 is 10.3 Å². The molecule has 14 heavy (non-hydrogen) atoms. The Balaban J connectivity index is 2.77. The molecule has 1 N–H and O–H groups in total. The normalized spacial score (nSPS) is 18.4. The van der Waals surface area contributed by atoms with E-state index in [1.807, 2.05) is 0 Å². The van der Waals surface area contributed by atoms with E-state index in [2.05, 4.69) is 0 Å². The fourth-order valence-electron chi connectivity index (χ4n) is 0.920. The number of rotatable bonds is 2. The van der Waals surface area contributed by atoms with Crippen LogP contribution in [0.4, 0.5) is 11.4 Å². The van der Waals surface area contributed by atoms with Gasteiger partial charge in [0.15, 0.2) is 0 Å². The summed E-state index contributed by atoms with van der Waals surface area (Å²) in [6, 6.07) is -2.07. The zero-order valence-corrected chi connectivity index (χ0v) is 7.06. The first-order valence-electron chi connectivity index (χ1n) is 7.86. The van der Waals surface area contributed by atoms with Crippen molar-refractivity contribution < 1.29 is 16.0 Å². The van der Waals surface area contributed by atoms with E-state index in [1.54, 1.807) is 0 Å². The molecule has 0 saturated carbocycles. The second-order valence-electron chi connectivity index (χ2n) is 2.45. The van der Waals surface area contributed by atoms with Crippen molar-refractivity contribution in [2.24, 2.45) is 0 Å². The van der Waals surface area contributed by atoms with Gasteiger partial charge >= 0.3 is 0 Å². The maximum absolute atomic E-state index is 12.5. The highest BCUT2D eigenvalue weighted by Crippen LogP contribution is 2.05. The van der Waals surface area contributed by atoms with E-state index in [0.717, 1.165) is 12.1 Å². The Morgan fingerprint density at radius 2 is 1.21 bits per heavy atom. The first-order valence-corrected chi connectivity index (χ1v) is 3.86. The van der Waals surface area contributed by atoms with Crippen LogP contribution in [-0.2, 0) is 0 Å². The zero-order chi connectivity index (χ0) is 16.8. The average Bonchev–Trinajstić information content (AvgIpc) is 2.44. The summed E-state index contributed by atoms with van der Waals surface area (Å²) < 4.78 is 61.1. The molecule has 0 atom stereocenters. The van der Waals surface area contributed by atoms with Gasteiger partial charge in [0.25, 0.3) is 0 Å². The summed E-state index contributed by atoms with van der Waals surface area (Å²) in [6.07, 6.45) is 0. The second-order valence-corrected chi connectivity index (χ2v) is 2.45. The van der Waals surface area contributed by atoms with Crippen molar-refractivity contribution in [1.82, 2.24) is 0 Å². The lowest BCUT2D eigenvalue weighted by atomic mass is 10.3. The van der Waals surface area contributed by atoms with E-state index in [1.165, 1.54) is 0 Å². The van der Waals surface area contributed by atoms with Crippen molar-refractivity contribution in [2.75, 3.05) is 0 Å². The summed E-state index contributed by atoms with van der Waals surface area (Å²) >= 11 is 0. The molecule has 0 fully saturated rings. The molecular formula is C12H11NO. The second kappa shape index (κ2) is 4.05. The number of nitrogens with one attached hydrogen (secondary N) is 1. The average molecular weight is 194 g/mol. The monoisotopic (exact) mass is 194 g/mol. The van der Waals surface area contributed by atoms with Crippen molar-refractivity contribution in [2.45, 2.75) is 0 Å². The maximum Gasteiger partial charge on any atom is 0.136 e. The van der Waals surface area contributed by atoms with Crippen molar-refractivity contribution in [3.63, 3.8) is 0 Å². The lowest BCUT2D eigenvalue weighted by Gasteiger charge is -2.20. The van der Waals surface area contributed by atoms with Crippen molar-refractivity contribution in [3.8, 4) is 0 Å². The third-order valence-electron chi connectivity index (χ3n) is 1.53. The Bertz CT molecular complexity index is 648. The molecule has 70 valence electrons. The molecule has 0 spiro atoms. The van der Waals surface area contributed by atoms with Gasteiger partial charge in [0.1, 0.15) is 11.4 Å². The van der Waals surface area contributed by atoms with Gasteiger partial charge in [0, 0.05) is 0 Å². The minimum Gasteiger partial charge on any atom is -0.623 e. The maximum atomic E-state index is 12.5. The van der Waals surface area contributed by atoms with Crippen LogP contribution >= 0.6 is 0 Å². The predicted molar refractivity (Wildman–Crippen MR) is 56.5 cm³/mol. The molecule has 0 heterocycles. The molecule has 2 aromatic rings. The Labute approximate surface area is 94.2 Å². The molecular weight excluding hydrogens is 175 g/mol. The van der Waals surface area contributed by atoms with Crippen LogP contribution in [-0.4, -0.2) is 0 Å². The zero-order valence-electron chi connectivity index (χ0n) is 15.1. The van der Waals surface area contributed by atoms with E-state index in [0.29, 0.717) is 0 Å². The Kier molecular flexibility index (Phi) is 1.01. The van der Waals surface area contributed by atoms with Crippen LogP contribution in [0.25, 0.3) is 0 Å². The molecule has 2 nitrogen and oxygen atoms in total. The van der Waals surface area contributed by atoms with E-state index in [9.17, 15) is 5.21 Å². The summed E-state index contributed by atoms with van der Waals surface area (Å²) in [7, 11) is 0. The molecule has 0 amide bonds. The van der Waals surface area contributed by atoms with Gasteiger partial charge in [-0.1, -0.05) is 36.3 Å². The Morgan fingerprint density at radius 1 is 0.857 bits per heavy atom. The number of benzene rings is 2. The predicted octanol–water partition coefficient (Wildman–Crippen LogP) is 2.03. The van der Waals surface area contributed by atoms with Crippen LogP contribution in [0.2, 0.25) is 0 Å². The fourth-order valence-corrected chi connectivity index (χ4v) is 0.920. The van der Waals surface area contributed by atoms with Crippen LogP contribution in [0.15, 0.2) is 60.5 Å². The third kappa shape index (κ3) is 1.82. The molecule has 0 aliphatic rings. The van der Waals surface area contributed by atoms with Crippen LogP contribution < -0.4 is 5.06 Å². The lowest BCUT2D eigenvalue weighted by molar-refractivity contribution is -0.698. The van der Waals surface area contributed by atoms with E-state index < -0.39 is 64.8 Å². The van der Waals surface area contributed by atoms with Crippen LogP contribution in [0, 0.1) is 5.21 Å². The highest BCUT2D eigenvalue weighted by atomic mass is 16.8. The van der Waals surface area contributed by atoms with Crippen LogP contribution in [0.5, 0.6) is 0 Å².